The van der Waals surface area contributed by atoms with Gasteiger partial charge in [-0.05, 0) is 43.2 Å². The number of nitrogens with zero attached hydrogens (tertiary/aromatic N) is 2. The molecule has 26 heavy (non-hydrogen) atoms. The van der Waals surface area contributed by atoms with Gasteiger partial charge in [0.15, 0.2) is 11.6 Å². The van der Waals surface area contributed by atoms with E-state index in [0.717, 1.165) is 31.0 Å². The van der Waals surface area contributed by atoms with Gasteiger partial charge in [0.1, 0.15) is 11.9 Å². The molecule has 0 amide bonds. The lowest BCUT2D eigenvalue weighted by Gasteiger charge is -2.37. The van der Waals surface area contributed by atoms with Crippen LogP contribution in [0.3, 0.4) is 0 Å². The predicted octanol–water partition coefficient (Wildman–Crippen LogP) is 3.12. The molecule has 2 unspecified atom stereocenters. The van der Waals surface area contributed by atoms with Gasteiger partial charge in [-0.3, -0.25) is 4.98 Å². The number of benzene rings is 1. The average molecular weight is 380 g/mol. The second kappa shape index (κ2) is 6.59. The Morgan fingerprint density at radius 2 is 1.65 bits per heavy atom. The summed E-state index contributed by atoms with van der Waals surface area (Å²) in [5, 5.41) is 0. The van der Waals surface area contributed by atoms with Gasteiger partial charge in [0.05, 0.1) is 4.90 Å². The van der Waals surface area contributed by atoms with E-state index in [1.54, 1.807) is 24.5 Å². The summed E-state index contributed by atoms with van der Waals surface area (Å²) in [6, 6.07) is 5.87. The van der Waals surface area contributed by atoms with Crippen molar-refractivity contribution in [2.24, 2.45) is 0 Å². The maximum absolute atomic E-state index is 13.5. The van der Waals surface area contributed by atoms with Crippen LogP contribution in [0.15, 0.2) is 47.6 Å². The Bertz CT molecular complexity index is 894. The highest BCUT2D eigenvalue weighted by Crippen LogP contribution is 2.41. The predicted molar refractivity (Wildman–Crippen MR) is 90.1 cm³/mol. The van der Waals surface area contributed by atoms with Crippen LogP contribution in [0.5, 0.6) is 5.75 Å². The Kier molecular flexibility index (Phi) is 4.40. The molecule has 4 rings (SSSR count). The zero-order valence-electron chi connectivity index (χ0n) is 13.9. The number of fused-ring (bicyclic) bond motifs is 2. The molecule has 138 valence electrons. The van der Waals surface area contributed by atoms with Crippen molar-refractivity contribution in [3.05, 3.63) is 54.4 Å². The average Bonchev–Trinajstić information content (AvgIpc) is 2.90. The molecular weight excluding hydrogens is 362 g/mol. The van der Waals surface area contributed by atoms with Gasteiger partial charge in [-0.1, -0.05) is 0 Å². The van der Waals surface area contributed by atoms with Gasteiger partial charge in [0, 0.05) is 37.3 Å². The Morgan fingerprint density at radius 3 is 2.27 bits per heavy atom. The van der Waals surface area contributed by atoms with Crippen LogP contribution in [0.1, 0.15) is 25.7 Å². The van der Waals surface area contributed by atoms with Crippen molar-refractivity contribution in [3.63, 3.8) is 0 Å². The molecule has 0 N–H and O–H groups in total. The third-order valence-electron chi connectivity index (χ3n) is 5.04. The molecule has 0 radical (unpaired) electrons. The number of rotatable bonds is 4. The van der Waals surface area contributed by atoms with Crippen molar-refractivity contribution >= 4 is 10.0 Å². The molecule has 2 fully saturated rings. The number of piperidine rings is 1. The van der Waals surface area contributed by atoms with Crippen LogP contribution in [0, 0.1) is 11.6 Å². The number of pyridine rings is 1. The second-order valence-electron chi connectivity index (χ2n) is 6.69. The summed E-state index contributed by atoms with van der Waals surface area (Å²) < 4.78 is 60.0. The SMILES string of the molecule is O=S(=O)(c1ccc(F)c(F)c1)N1C2CCC1CC(Oc1ccncc1)C2. The largest absolute Gasteiger partial charge is 0.490 e. The first-order valence-corrected chi connectivity index (χ1v) is 9.94. The van der Waals surface area contributed by atoms with Gasteiger partial charge in [-0.25, -0.2) is 17.2 Å². The Hall–Kier alpha value is -2.06. The third-order valence-corrected chi connectivity index (χ3v) is 7.04. The van der Waals surface area contributed by atoms with Crippen LogP contribution in [0.2, 0.25) is 0 Å². The molecule has 3 heterocycles. The quantitative estimate of drug-likeness (QED) is 0.818. The molecule has 5 nitrogen and oxygen atoms in total. The standard InChI is InChI=1S/C18H18F2N2O3S/c19-17-4-3-16(11-18(17)20)26(23,24)22-12-1-2-13(22)10-15(9-12)25-14-5-7-21-8-6-14/h3-8,11-13,15H,1-2,9-10H2. The molecule has 0 aliphatic carbocycles. The number of aromatic nitrogens is 1. The molecule has 1 aromatic carbocycles. The summed E-state index contributed by atoms with van der Waals surface area (Å²) in [7, 11) is -3.87. The van der Waals surface area contributed by atoms with E-state index in [1.807, 2.05) is 0 Å². The van der Waals surface area contributed by atoms with Gasteiger partial charge in [0.25, 0.3) is 0 Å². The number of halogens is 2. The number of sulfonamides is 1. The Balaban J connectivity index is 1.55. The third kappa shape index (κ3) is 3.07. The lowest BCUT2D eigenvalue weighted by Crippen LogP contribution is -2.49. The fraction of sp³-hybridized carbons (Fsp3) is 0.389. The van der Waals surface area contributed by atoms with Crippen LogP contribution in [-0.2, 0) is 10.0 Å². The fourth-order valence-corrected chi connectivity index (χ4v) is 5.84. The van der Waals surface area contributed by atoms with Crippen LogP contribution in [0.4, 0.5) is 8.78 Å². The van der Waals surface area contributed by atoms with Gasteiger partial charge in [-0.2, -0.15) is 4.31 Å². The molecular formula is C18H18F2N2O3S. The van der Waals surface area contributed by atoms with Crippen LogP contribution in [-0.4, -0.2) is 35.9 Å². The van der Waals surface area contributed by atoms with Crippen LogP contribution in [0.25, 0.3) is 0 Å². The van der Waals surface area contributed by atoms with Crippen molar-refractivity contribution in [3.8, 4) is 5.75 Å². The van der Waals surface area contributed by atoms with Crippen molar-refractivity contribution in [2.75, 3.05) is 0 Å². The summed E-state index contributed by atoms with van der Waals surface area (Å²) in [6.07, 6.45) is 5.84. The Labute approximate surface area is 150 Å². The van der Waals surface area contributed by atoms with Gasteiger partial charge in [0.2, 0.25) is 10.0 Å². The summed E-state index contributed by atoms with van der Waals surface area (Å²) in [5.74, 6) is -1.51. The van der Waals surface area contributed by atoms with E-state index in [1.165, 1.54) is 4.31 Å². The van der Waals surface area contributed by atoms with Crippen molar-refractivity contribution in [2.45, 2.75) is 48.8 Å². The molecule has 2 aliphatic rings. The lowest BCUT2D eigenvalue weighted by atomic mass is 10.0. The first-order valence-electron chi connectivity index (χ1n) is 8.50. The fourth-order valence-electron chi connectivity index (χ4n) is 3.94. The highest BCUT2D eigenvalue weighted by Gasteiger charge is 2.48. The van der Waals surface area contributed by atoms with E-state index in [-0.39, 0.29) is 23.1 Å². The topological polar surface area (TPSA) is 59.5 Å². The van der Waals surface area contributed by atoms with E-state index in [4.69, 9.17) is 4.74 Å². The first kappa shape index (κ1) is 17.4. The number of hydrogen-bond acceptors (Lipinski definition) is 4. The summed E-state index contributed by atoms with van der Waals surface area (Å²) in [6.45, 7) is 0. The monoisotopic (exact) mass is 380 g/mol. The molecule has 2 saturated heterocycles. The summed E-state index contributed by atoms with van der Waals surface area (Å²) >= 11 is 0. The zero-order chi connectivity index (χ0) is 18.3. The zero-order valence-corrected chi connectivity index (χ0v) is 14.7. The highest BCUT2D eigenvalue weighted by atomic mass is 32.2. The van der Waals surface area contributed by atoms with Crippen LogP contribution < -0.4 is 4.74 Å². The number of ether oxygens (including phenoxy) is 1. The molecule has 0 spiro atoms. The van der Waals surface area contributed by atoms with Crippen molar-refractivity contribution < 1.29 is 21.9 Å². The minimum atomic E-state index is -3.87. The van der Waals surface area contributed by atoms with E-state index >= 15 is 0 Å². The van der Waals surface area contributed by atoms with E-state index in [0.29, 0.717) is 18.6 Å². The maximum Gasteiger partial charge on any atom is 0.243 e. The number of hydrogen-bond donors (Lipinski definition) is 0. The first-order chi connectivity index (χ1) is 12.4. The van der Waals surface area contributed by atoms with E-state index in [2.05, 4.69) is 4.98 Å². The lowest BCUT2D eigenvalue weighted by molar-refractivity contribution is 0.0956. The van der Waals surface area contributed by atoms with Crippen molar-refractivity contribution in [1.29, 1.82) is 0 Å². The molecule has 2 aromatic rings. The van der Waals surface area contributed by atoms with Gasteiger partial charge >= 0.3 is 0 Å². The van der Waals surface area contributed by atoms with E-state index < -0.39 is 21.7 Å². The highest BCUT2D eigenvalue weighted by molar-refractivity contribution is 7.89. The molecule has 1 aromatic heterocycles. The molecule has 8 heteroatoms. The van der Waals surface area contributed by atoms with E-state index in [9.17, 15) is 17.2 Å². The molecule has 2 aliphatic heterocycles. The Morgan fingerprint density at radius 1 is 1.00 bits per heavy atom. The normalized spacial score (nSPS) is 26.0. The summed E-state index contributed by atoms with van der Waals surface area (Å²) in [4.78, 5) is 3.74. The van der Waals surface area contributed by atoms with Crippen LogP contribution >= 0.6 is 0 Å². The summed E-state index contributed by atoms with van der Waals surface area (Å²) in [5.41, 5.74) is 0. The van der Waals surface area contributed by atoms with Crippen molar-refractivity contribution in [1.82, 2.24) is 9.29 Å². The molecule has 2 atom stereocenters. The molecule has 2 bridgehead atoms. The van der Waals surface area contributed by atoms with Gasteiger partial charge < -0.3 is 4.74 Å². The minimum Gasteiger partial charge on any atom is -0.490 e. The molecule has 0 saturated carbocycles. The minimum absolute atomic E-state index is 0.0775. The maximum atomic E-state index is 13.5. The smallest absolute Gasteiger partial charge is 0.243 e. The second-order valence-corrected chi connectivity index (χ2v) is 8.53. The van der Waals surface area contributed by atoms with Gasteiger partial charge in [-0.15, -0.1) is 0 Å².